The molecule has 0 radical (unpaired) electrons. The number of H-pyrrole nitrogens is 2. The van der Waals surface area contributed by atoms with Crippen LogP contribution in [-0.4, -0.2) is 36.0 Å². The summed E-state index contributed by atoms with van der Waals surface area (Å²) in [6, 6.07) is 19.9. The predicted octanol–water partition coefficient (Wildman–Crippen LogP) is 5.58. The van der Waals surface area contributed by atoms with Gasteiger partial charge in [-0.3, -0.25) is 14.9 Å². The first kappa shape index (κ1) is 20.7. The average Bonchev–Trinajstić information content (AvgIpc) is 3.53. The third-order valence-corrected chi connectivity index (χ3v) is 5.97. The van der Waals surface area contributed by atoms with E-state index in [9.17, 15) is 4.79 Å². The van der Waals surface area contributed by atoms with Crippen LogP contribution in [0.3, 0.4) is 0 Å². The van der Waals surface area contributed by atoms with Crippen molar-refractivity contribution >= 4 is 33.7 Å². The van der Waals surface area contributed by atoms with Crippen LogP contribution in [0.5, 0.6) is 0 Å². The molecule has 0 spiro atoms. The van der Waals surface area contributed by atoms with Crippen molar-refractivity contribution in [3.8, 4) is 33.8 Å². The maximum Gasteiger partial charge on any atom is 0.225 e. The second-order valence-electron chi connectivity index (χ2n) is 8.19. The number of amides is 1. The first-order chi connectivity index (χ1) is 17.2. The molecule has 0 atom stereocenters. The second kappa shape index (κ2) is 8.49. The number of pyridine rings is 3. The summed E-state index contributed by atoms with van der Waals surface area (Å²) < 4.78 is 0. The highest BCUT2D eigenvalue weighted by Gasteiger charge is 2.15. The van der Waals surface area contributed by atoms with Gasteiger partial charge in [-0.05, 0) is 42.5 Å². The fraction of sp³-hybridized carbons (Fsp3) is 0.0741. The van der Waals surface area contributed by atoms with Gasteiger partial charge in [-0.2, -0.15) is 5.10 Å². The van der Waals surface area contributed by atoms with E-state index in [2.05, 4.69) is 53.6 Å². The van der Waals surface area contributed by atoms with E-state index >= 15 is 0 Å². The van der Waals surface area contributed by atoms with Crippen LogP contribution < -0.4 is 5.32 Å². The van der Waals surface area contributed by atoms with E-state index in [-0.39, 0.29) is 5.91 Å². The summed E-state index contributed by atoms with van der Waals surface area (Å²) in [6.07, 6.45) is 5.72. The van der Waals surface area contributed by atoms with E-state index in [1.165, 1.54) is 0 Å². The molecule has 35 heavy (non-hydrogen) atoms. The number of carbonyl (C=O) groups is 1. The molecule has 0 saturated carbocycles. The van der Waals surface area contributed by atoms with Crippen LogP contribution in [0.2, 0.25) is 0 Å². The van der Waals surface area contributed by atoms with Crippen LogP contribution in [0.1, 0.15) is 13.3 Å². The van der Waals surface area contributed by atoms with Gasteiger partial charge in [0.15, 0.2) is 5.65 Å². The Hall–Kier alpha value is -4.85. The van der Waals surface area contributed by atoms with E-state index in [0.29, 0.717) is 17.9 Å². The Bertz CT molecular complexity index is 1670. The third-order valence-electron chi connectivity index (χ3n) is 5.97. The molecule has 8 heteroatoms. The summed E-state index contributed by atoms with van der Waals surface area (Å²) in [6.45, 7) is 1.81. The van der Waals surface area contributed by atoms with E-state index in [1.54, 1.807) is 31.6 Å². The Kier molecular flexibility index (Phi) is 5.03. The molecule has 0 aliphatic heterocycles. The van der Waals surface area contributed by atoms with E-state index in [1.807, 2.05) is 36.4 Å². The molecule has 5 heterocycles. The van der Waals surface area contributed by atoms with E-state index < -0.39 is 0 Å². The Morgan fingerprint density at radius 1 is 0.914 bits per heavy atom. The summed E-state index contributed by atoms with van der Waals surface area (Å²) in [7, 11) is 0. The van der Waals surface area contributed by atoms with E-state index in [0.717, 1.165) is 50.1 Å². The van der Waals surface area contributed by atoms with Gasteiger partial charge in [0.1, 0.15) is 5.82 Å². The zero-order valence-corrected chi connectivity index (χ0v) is 18.9. The summed E-state index contributed by atoms with van der Waals surface area (Å²) in [5, 5.41) is 12.3. The molecule has 0 bridgehead atoms. The van der Waals surface area contributed by atoms with Crippen molar-refractivity contribution in [1.29, 1.82) is 0 Å². The van der Waals surface area contributed by atoms with Crippen LogP contribution in [0.4, 0.5) is 5.82 Å². The van der Waals surface area contributed by atoms with Crippen molar-refractivity contribution in [1.82, 2.24) is 30.1 Å². The van der Waals surface area contributed by atoms with Crippen molar-refractivity contribution < 1.29 is 4.79 Å². The van der Waals surface area contributed by atoms with Crippen molar-refractivity contribution in [2.45, 2.75) is 13.3 Å². The summed E-state index contributed by atoms with van der Waals surface area (Å²) in [4.78, 5) is 28.6. The highest BCUT2D eigenvalue weighted by atomic mass is 16.1. The number of nitrogens with zero attached hydrogens (tertiary/aromatic N) is 4. The predicted molar refractivity (Wildman–Crippen MR) is 137 cm³/mol. The Morgan fingerprint density at radius 3 is 2.63 bits per heavy atom. The summed E-state index contributed by atoms with van der Waals surface area (Å²) >= 11 is 0. The monoisotopic (exact) mass is 459 g/mol. The van der Waals surface area contributed by atoms with Crippen molar-refractivity contribution in [2.75, 3.05) is 5.32 Å². The minimum atomic E-state index is -0.0686. The normalized spacial score (nSPS) is 11.2. The Morgan fingerprint density at radius 2 is 1.83 bits per heavy atom. The van der Waals surface area contributed by atoms with Crippen LogP contribution in [0.25, 0.3) is 55.7 Å². The quantitative estimate of drug-likeness (QED) is 0.312. The minimum Gasteiger partial charge on any atom is -0.353 e. The van der Waals surface area contributed by atoms with Crippen LogP contribution in [-0.2, 0) is 4.79 Å². The van der Waals surface area contributed by atoms with Crippen LogP contribution >= 0.6 is 0 Å². The van der Waals surface area contributed by atoms with Gasteiger partial charge in [-0.25, -0.2) is 9.97 Å². The lowest BCUT2D eigenvalue weighted by molar-refractivity contribution is -0.115. The fourth-order valence-electron chi connectivity index (χ4n) is 4.17. The molecular formula is C27H21N7O. The lowest BCUT2D eigenvalue weighted by atomic mass is 10.1. The molecule has 1 aromatic carbocycles. The topological polar surface area (TPSA) is 112 Å². The number of nitrogens with one attached hydrogen (secondary N) is 3. The molecule has 6 aromatic rings. The molecule has 0 saturated heterocycles. The lowest BCUT2D eigenvalue weighted by Gasteiger charge is -2.05. The van der Waals surface area contributed by atoms with Gasteiger partial charge >= 0.3 is 0 Å². The standard InChI is InChI=1S/C27H21N7O/c1-2-25(35)32-24-10-9-16(14-29-24)17-12-20-26(33-34-27(20)30-15-17)23-13-19-18(6-5-8-22(19)31-23)21-7-3-4-11-28-21/h3-15,31H,2H2,1H3,(H,29,32,35)(H,30,33,34). The zero-order chi connectivity index (χ0) is 23.8. The number of fused-ring (bicyclic) bond motifs is 2. The van der Waals surface area contributed by atoms with Gasteiger partial charge in [-0.15, -0.1) is 0 Å². The van der Waals surface area contributed by atoms with Gasteiger partial charge in [0.25, 0.3) is 0 Å². The maximum absolute atomic E-state index is 11.6. The number of carbonyl (C=O) groups excluding carboxylic acids is 1. The molecule has 6 rings (SSSR count). The molecule has 170 valence electrons. The number of aromatic nitrogens is 6. The van der Waals surface area contributed by atoms with Crippen molar-refractivity contribution in [3.63, 3.8) is 0 Å². The Balaban J connectivity index is 1.40. The smallest absolute Gasteiger partial charge is 0.225 e. The van der Waals surface area contributed by atoms with Crippen LogP contribution in [0.15, 0.2) is 79.3 Å². The van der Waals surface area contributed by atoms with Crippen molar-refractivity contribution in [2.24, 2.45) is 0 Å². The molecule has 0 unspecified atom stereocenters. The SMILES string of the molecule is CCC(=O)Nc1ccc(-c2cnc3n[nH]c(-c4cc5c(-c6ccccn6)cccc5[nH]4)c3c2)cn1. The molecule has 0 fully saturated rings. The summed E-state index contributed by atoms with van der Waals surface area (Å²) in [5.41, 5.74) is 7.22. The molecule has 1 amide bonds. The van der Waals surface area contributed by atoms with Gasteiger partial charge < -0.3 is 10.3 Å². The first-order valence-corrected chi connectivity index (χ1v) is 11.3. The highest BCUT2D eigenvalue weighted by Crippen LogP contribution is 2.34. The second-order valence-corrected chi connectivity index (χ2v) is 8.19. The molecular weight excluding hydrogens is 438 g/mol. The van der Waals surface area contributed by atoms with Gasteiger partial charge in [0.05, 0.1) is 17.1 Å². The third kappa shape index (κ3) is 3.80. The maximum atomic E-state index is 11.6. The number of anilines is 1. The number of hydrogen-bond donors (Lipinski definition) is 3. The summed E-state index contributed by atoms with van der Waals surface area (Å²) in [5.74, 6) is 0.460. The van der Waals surface area contributed by atoms with Gasteiger partial charge in [0.2, 0.25) is 5.91 Å². The largest absolute Gasteiger partial charge is 0.353 e. The molecule has 3 N–H and O–H groups in total. The Labute approximate surface area is 200 Å². The molecule has 0 aliphatic carbocycles. The molecule has 0 aliphatic rings. The zero-order valence-electron chi connectivity index (χ0n) is 18.9. The average molecular weight is 460 g/mol. The molecule has 8 nitrogen and oxygen atoms in total. The van der Waals surface area contributed by atoms with Gasteiger partial charge in [-0.1, -0.05) is 25.1 Å². The minimum absolute atomic E-state index is 0.0686. The van der Waals surface area contributed by atoms with Crippen LogP contribution in [0, 0.1) is 0 Å². The first-order valence-electron chi connectivity index (χ1n) is 11.3. The number of benzene rings is 1. The fourth-order valence-corrected chi connectivity index (χ4v) is 4.17. The van der Waals surface area contributed by atoms with Gasteiger partial charge in [0, 0.05) is 58.0 Å². The van der Waals surface area contributed by atoms with Crippen molar-refractivity contribution in [3.05, 3.63) is 79.3 Å². The lowest BCUT2D eigenvalue weighted by Crippen LogP contribution is -2.10. The number of hydrogen-bond acceptors (Lipinski definition) is 5. The number of rotatable bonds is 5. The highest BCUT2D eigenvalue weighted by molar-refractivity contribution is 6.00. The number of aromatic amines is 2. The molecule has 5 aromatic heterocycles. The van der Waals surface area contributed by atoms with E-state index in [4.69, 9.17) is 0 Å².